The van der Waals surface area contributed by atoms with Crippen LogP contribution in [0, 0.1) is 0 Å². The Balaban J connectivity index is 2.54. The van der Waals surface area contributed by atoms with Crippen molar-refractivity contribution >= 4 is 5.96 Å². The molecule has 64 valence electrons. The topological polar surface area (TPSA) is 73.9 Å². The molecular weight excluding hydrogens is 144 g/mol. The number of guanidine groups is 1. The third-order valence-electron chi connectivity index (χ3n) is 1.90. The van der Waals surface area contributed by atoms with E-state index >= 15 is 0 Å². The van der Waals surface area contributed by atoms with Gasteiger partial charge in [0.25, 0.3) is 0 Å². The molecule has 1 aliphatic heterocycles. The Morgan fingerprint density at radius 1 is 1.82 bits per heavy atom. The molecule has 1 aliphatic rings. The molecule has 0 saturated carbocycles. The van der Waals surface area contributed by atoms with E-state index in [9.17, 15) is 0 Å². The van der Waals surface area contributed by atoms with E-state index in [2.05, 4.69) is 10.5 Å². The maximum Gasteiger partial charge on any atom is 0.233 e. The summed E-state index contributed by atoms with van der Waals surface area (Å²) in [5, 5.41) is 14.6. The number of hydrogen-bond donors (Lipinski definition) is 3. The number of rotatable bonds is 0. The maximum absolute atomic E-state index is 8.41. The molecule has 0 aromatic rings. The summed E-state index contributed by atoms with van der Waals surface area (Å²) in [7, 11) is 0. The van der Waals surface area contributed by atoms with Crippen molar-refractivity contribution in [3.8, 4) is 0 Å². The van der Waals surface area contributed by atoms with E-state index in [1.807, 2.05) is 11.8 Å². The zero-order valence-corrected chi connectivity index (χ0v) is 6.62. The van der Waals surface area contributed by atoms with Crippen LogP contribution in [0.4, 0.5) is 0 Å². The maximum atomic E-state index is 8.41. The lowest BCUT2D eigenvalue weighted by Gasteiger charge is -2.33. The molecule has 5 heteroatoms. The SMILES string of the molecule is C[C@H]1CNCCN1/C(N)=N/O. The molecular formula is C6H14N4O. The summed E-state index contributed by atoms with van der Waals surface area (Å²) >= 11 is 0. The lowest BCUT2D eigenvalue weighted by atomic mass is 10.2. The van der Waals surface area contributed by atoms with Gasteiger partial charge in [0.15, 0.2) is 0 Å². The van der Waals surface area contributed by atoms with Crippen molar-refractivity contribution in [2.45, 2.75) is 13.0 Å². The molecule has 0 radical (unpaired) electrons. The molecule has 0 unspecified atom stereocenters. The number of hydrogen-bond acceptors (Lipinski definition) is 3. The Kier molecular flexibility index (Phi) is 2.53. The summed E-state index contributed by atoms with van der Waals surface area (Å²) in [6, 6.07) is 0.305. The molecule has 0 aliphatic carbocycles. The van der Waals surface area contributed by atoms with Crippen LogP contribution in [0.3, 0.4) is 0 Å². The van der Waals surface area contributed by atoms with E-state index in [0.29, 0.717) is 6.04 Å². The van der Waals surface area contributed by atoms with Crippen LogP contribution in [-0.4, -0.2) is 41.7 Å². The third-order valence-corrected chi connectivity index (χ3v) is 1.90. The van der Waals surface area contributed by atoms with Gasteiger partial charge in [0.2, 0.25) is 5.96 Å². The fraction of sp³-hybridized carbons (Fsp3) is 0.833. The second kappa shape index (κ2) is 3.43. The molecule has 1 heterocycles. The molecule has 0 spiro atoms. The fourth-order valence-corrected chi connectivity index (χ4v) is 1.24. The first-order valence-electron chi connectivity index (χ1n) is 3.70. The van der Waals surface area contributed by atoms with E-state index in [1.54, 1.807) is 0 Å². The monoisotopic (exact) mass is 158 g/mol. The molecule has 1 rings (SSSR count). The summed E-state index contributed by atoms with van der Waals surface area (Å²) in [5.74, 6) is 0.207. The predicted octanol–water partition coefficient (Wildman–Crippen LogP) is -1.02. The van der Waals surface area contributed by atoms with Gasteiger partial charge in [-0.25, -0.2) is 0 Å². The highest BCUT2D eigenvalue weighted by molar-refractivity contribution is 5.77. The van der Waals surface area contributed by atoms with E-state index in [-0.39, 0.29) is 5.96 Å². The molecule has 0 amide bonds. The first-order valence-corrected chi connectivity index (χ1v) is 3.70. The van der Waals surface area contributed by atoms with Gasteiger partial charge < -0.3 is 21.2 Å². The zero-order chi connectivity index (χ0) is 8.27. The standard InChI is InChI=1S/C6H14N4O/c1-5-4-8-2-3-10(5)6(7)9-11/h5,8,11H,2-4H2,1H3,(H2,7,9)/t5-/m0/s1. The Morgan fingerprint density at radius 2 is 2.55 bits per heavy atom. The van der Waals surface area contributed by atoms with E-state index in [1.165, 1.54) is 0 Å². The van der Waals surface area contributed by atoms with Crippen molar-refractivity contribution in [2.75, 3.05) is 19.6 Å². The van der Waals surface area contributed by atoms with Gasteiger partial charge in [-0.2, -0.15) is 0 Å². The van der Waals surface area contributed by atoms with Crippen molar-refractivity contribution in [1.82, 2.24) is 10.2 Å². The summed E-state index contributed by atoms with van der Waals surface area (Å²) in [4.78, 5) is 1.87. The summed E-state index contributed by atoms with van der Waals surface area (Å²) in [6.07, 6.45) is 0. The minimum Gasteiger partial charge on any atom is -0.408 e. The third kappa shape index (κ3) is 1.74. The first kappa shape index (κ1) is 8.13. The molecule has 0 aromatic carbocycles. The second-order valence-corrected chi connectivity index (χ2v) is 2.70. The smallest absolute Gasteiger partial charge is 0.233 e. The van der Waals surface area contributed by atoms with Crippen LogP contribution in [0.5, 0.6) is 0 Å². The number of oxime groups is 1. The molecule has 1 atom stereocenters. The lowest BCUT2D eigenvalue weighted by molar-refractivity contribution is 0.246. The van der Waals surface area contributed by atoms with Crippen molar-refractivity contribution in [3.63, 3.8) is 0 Å². The Hall–Kier alpha value is -0.970. The average molecular weight is 158 g/mol. The molecule has 5 nitrogen and oxygen atoms in total. The van der Waals surface area contributed by atoms with Crippen LogP contribution in [-0.2, 0) is 0 Å². The Morgan fingerprint density at radius 3 is 3.09 bits per heavy atom. The molecule has 1 saturated heterocycles. The van der Waals surface area contributed by atoms with Crippen molar-refractivity contribution < 1.29 is 5.21 Å². The van der Waals surface area contributed by atoms with Gasteiger partial charge >= 0.3 is 0 Å². The minimum atomic E-state index is 0.207. The normalized spacial score (nSPS) is 27.2. The quantitative estimate of drug-likeness (QED) is 0.183. The zero-order valence-electron chi connectivity index (χ0n) is 6.62. The van der Waals surface area contributed by atoms with Gasteiger partial charge in [-0.15, -0.1) is 0 Å². The summed E-state index contributed by atoms with van der Waals surface area (Å²) < 4.78 is 0. The molecule has 0 aromatic heterocycles. The van der Waals surface area contributed by atoms with E-state index in [0.717, 1.165) is 19.6 Å². The second-order valence-electron chi connectivity index (χ2n) is 2.70. The van der Waals surface area contributed by atoms with Gasteiger partial charge in [-0.05, 0) is 6.92 Å². The van der Waals surface area contributed by atoms with Gasteiger partial charge in [-0.3, -0.25) is 0 Å². The van der Waals surface area contributed by atoms with Crippen LogP contribution in [0.2, 0.25) is 0 Å². The van der Waals surface area contributed by atoms with Crippen molar-refractivity contribution in [1.29, 1.82) is 0 Å². The van der Waals surface area contributed by atoms with Crippen LogP contribution < -0.4 is 11.1 Å². The number of nitrogens with one attached hydrogen (secondary N) is 1. The van der Waals surface area contributed by atoms with E-state index < -0.39 is 0 Å². The van der Waals surface area contributed by atoms with Crippen LogP contribution in [0.1, 0.15) is 6.92 Å². The number of nitrogens with zero attached hydrogens (tertiary/aromatic N) is 2. The molecule has 4 N–H and O–H groups in total. The average Bonchev–Trinajstić information content (AvgIpc) is 2.04. The van der Waals surface area contributed by atoms with E-state index in [4.69, 9.17) is 10.9 Å². The number of piperazine rings is 1. The highest BCUT2D eigenvalue weighted by Crippen LogP contribution is 2.00. The fourth-order valence-electron chi connectivity index (χ4n) is 1.24. The van der Waals surface area contributed by atoms with Gasteiger partial charge in [0.05, 0.1) is 0 Å². The van der Waals surface area contributed by atoms with Gasteiger partial charge in [0.1, 0.15) is 0 Å². The van der Waals surface area contributed by atoms with Crippen LogP contribution >= 0.6 is 0 Å². The predicted molar refractivity (Wildman–Crippen MR) is 42.4 cm³/mol. The molecule has 0 bridgehead atoms. The highest BCUT2D eigenvalue weighted by atomic mass is 16.4. The molecule has 11 heavy (non-hydrogen) atoms. The van der Waals surface area contributed by atoms with Crippen LogP contribution in [0.25, 0.3) is 0 Å². The molecule has 1 fully saturated rings. The summed E-state index contributed by atoms with van der Waals surface area (Å²) in [5.41, 5.74) is 5.44. The summed E-state index contributed by atoms with van der Waals surface area (Å²) in [6.45, 7) is 4.61. The van der Waals surface area contributed by atoms with Gasteiger partial charge in [-0.1, -0.05) is 5.16 Å². The Bertz CT molecular complexity index is 159. The number of nitrogens with two attached hydrogens (primary N) is 1. The largest absolute Gasteiger partial charge is 0.408 e. The first-order chi connectivity index (χ1) is 5.25. The van der Waals surface area contributed by atoms with Crippen LogP contribution in [0.15, 0.2) is 5.16 Å². The minimum absolute atomic E-state index is 0.207. The Labute approximate surface area is 65.9 Å². The highest BCUT2D eigenvalue weighted by Gasteiger charge is 2.19. The van der Waals surface area contributed by atoms with Crippen molar-refractivity contribution in [3.05, 3.63) is 0 Å². The van der Waals surface area contributed by atoms with Gasteiger partial charge in [0, 0.05) is 25.7 Å². The lowest BCUT2D eigenvalue weighted by Crippen LogP contribution is -2.54. The van der Waals surface area contributed by atoms with Crippen molar-refractivity contribution in [2.24, 2.45) is 10.9 Å².